The van der Waals surface area contributed by atoms with Gasteiger partial charge in [0.15, 0.2) is 0 Å². The molecule has 0 heterocycles. The third-order valence-corrected chi connectivity index (χ3v) is 4.45. The van der Waals surface area contributed by atoms with Crippen LogP contribution in [0.25, 0.3) is 0 Å². The molecule has 1 aromatic carbocycles. The largest absolute Gasteiger partial charge is 0.378 e. The molecule has 2 nitrogen and oxygen atoms in total. The van der Waals surface area contributed by atoms with Gasteiger partial charge in [0.1, 0.15) is 0 Å². The third-order valence-electron chi connectivity index (χ3n) is 4.45. The molecule has 1 aliphatic carbocycles. The first-order valence-electron chi connectivity index (χ1n) is 6.54. The molecule has 0 spiro atoms. The Labute approximate surface area is 105 Å². The van der Waals surface area contributed by atoms with Gasteiger partial charge in [0.05, 0.1) is 5.54 Å². The molecule has 0 radical (unpaired) electrons. The lowest BCUT2D eigenvalue weighted by Gasteiger charge is -2.42. The van der Waals surface area contributed by atoms with Crippen LogP contribution in [-0.2, 0) is 0 Å². The minimum Gasteiger partial charge on any atom is -0.378 e. The minimum atomic E-state index is 0.0563. The molecule has 0 aliphatic heterocycles. The van der Waals surface area contributed by atoms with Gasteiger partial charge >= 0.3 is 0 Å². The van der Waals surface area contributed by atoms with Crippen LogP contribution in [0.1, 0.15) is 38.7 Å². The van der Waals surface area contributed by atoms with Crippen LogP contribution in [0.5, 0.6) is 0 Å². The summed E-state index contributed by atoms with van der Waals surface area (Å²) in [5.41, 5.74) is 8.88. The van der Waals surface area contributed by atoms with E-state index < -0.39 is 0 Å². The zero-order valence-corrected chi connectivity index (χ0v) is 11.2. The maximum atomic E-state index is 6.07. The monoisotopic (exact) mass is 232 g/mol. The van der Waals surface area contributed by atoms with Crippen LogP contribution >= 0.6 is 0 Å². The van der Waals surface area contributed by atoms with Gasteiger partial charge in [0, 0.05) is 12.2 Å². The lowest BCUT2D eigenvalue weighted by Crippen LogP contribution is -2.53. The number of rotatable bonds is 3. The Balaban J connectivity index is 2.26. The maximum absolute atomic E-state index is 6.07. The van der Waals surface area contributed by atoms with Crippen LogP contribution in [0.2, 0.25) is 0 Å². The Kier molecular flexibility index (Phi) is 3.17. The van der Waals surface area contributed by atoms with E-state index in [4.69, 9.17) is 5.73 Å². The Hall–Kier alpha value is -1.02. The number of benzene rings is 1. The first-order valence-corrected chi connectivity index (χ1v) is 6.54. The molecule has 0 amide bonds. The molecule has 3 N–H and O–H groups in total. The van der Waals surface area contributed by atoms with Gasteiger partial charge in [-0.1, -0.05) is 32.4 Å². The Morgan fingerprint density at radius 3 is 2.59 bits per heavy atom. The second-order valence-corrected chi connectivity index (χ2v) is 6.02. The third kappa shape index (κ3) is 2.19. The van der Waals surface area contributed by atoms with E-state index in [1.165, 1.54) is 30.5 Å². The van der Waals surface area contributed by atoms with Crippen molar-refractivity contribution in [2.45, 2.75) is 45.6 Å². The van der Waals surface area contributed by atoms with E-state index in [0.29, 0.717) is 6.54 Å². The molecule has 2 rings (SSSR count). The number of aryl methyl sites for hydroxylation is 1. The Morgan fingerprint density at radius 2 is 2.06 bits per heavy atom. The van der Waals surface area contributed by atoms with E-state index in [1.807, 2.05) is 0 Å². The summed E-state index contributed by atoms with van der Waals surface area (Å²) in [5, 5.41) is 3.71. The highest BCUT2D eigenvalue weighted by Crippen LogP contribution is 2.47. The van der Waals surface area contributed by atoms with Crippen molar-refractivity contribution in [1.29, 1.82) is 0 Å². The molecule has 1 atom stereocenters. The van der Waals surface area contributed by atoms with Gasteiger partial charge in [0.2, 0.25) is 0 Å². The van der Waals surface area contributed by atoms with Crippen LogP contribution in [0.15, 0.2) is 24.3 Å². The predicted octanol–water partition coefficient (Wildman–Crippen LogP) is 3.31. The molecular weight excluding hydrogens is 208 g/mol. The van der Waals surface area contributed by atoms with Crippen molar-refractivity contribution >= 4 is 5.69 Å². The van der Waals surface area contributed by atoms with Crippen molar-refractivity contribution in [3.8, 4) is 0 Å². The molecule has 0 bridgehead atoms. The van der Waals surface area contributed by atoms with E-state index >= 15 is 0 Å². The molecule has 0 aromatic heterocycles. The second-order valence-electron chi connectivity index (χ2n) is 6.02. The average molecular weight is 232 g/mol. The average Bonchev–Trinajstić information content (AvgIpc) is 2.55. The van der Waals surface area contributed by atoms with Crippen molar-refractivity contribution in [1.82, 2.24) is 0 Å². The molecule has 94 valence electrons. The molecule has 1 saturated carbocycles. The molecule has 17 heavy (non-hydrogen) atoms. The maximum Gasteiger partial charge on any atom is 0.0546 e. The van der Waals surface area contributed by atoms with Crippen molar-refractivity contribution in [2.24, 2.45) is 11.1 Å². The number of nitrogens with one attached hydrogen (secondary N) is 1. The standard InChI is InChI=1S/C15H24N2/c1-12-6-4-7-13(10-12)17-15(11-16)9-5-8-14(15,2)3/h4,6-7,10,17H,5,8-9,11,16H2,1-3H3. The number of hydrogen-bond donors (Lipinski definition) is 2. The summed E-state index contributed by atoms with van der Waals surface area (Å²) in [5.74, 6) is 0. The fourth-order valence-electron chi connectivity index (χ4n) is 3.07. The summed E-state index contributed by atoms with van der Waals surface area (Å²) in [6.07, 6.45) is 3.69. The van der Waals surface area contributed by atoms with Gasteiger partial charge in [-0.2, -0.15) is 0 Å². The highest BCUT2D eigenvalue weighted by atomic mass is 15.0. The van der Waals surface area contributed by atoms with Crippen LogP contribution in [0.3, 0.4) is 0 Å². The van der Waals surface area contributed by atoms with Gasteiger partial charge < -0.3 is 11.1 Å². The molecule has 1 fully saturated rings. The fourth-order valence-corrected chi connectivity index (χ4v) is 3.07. The molecule has 1 aromatic rings. The van der Waals surface area contributed by atoms with Crippen LogP contribution in [0.4, 0.5) is 5.69 Å². The minimum absolute atomic E-state index is 0.0563. The number of anilines is 1. The number of hydrogen-bond acceptors (Lipinski definition) is 2. The molecule has 0 saturated heterocycles. The Bertz CT molecular complexity index is 398. The van der Waals surface area contributed by atoms with Crippen molar-refractivity contribution in [2.75, 3.05) is 11.9 Å². The lowest BCUT2D eigenvalue weighted by molar-refractivity contribution is 0.239. The number of nitrogens with two attached hydrogens (primary N) is 1. The normalized spacial score (nSPS) is 27.1. The van der Waals surface area contributed by atoms with Crippen molar-refractivity contribution in [3.05, 3.63) is 29.8 Å². The van der Waals surface area contributed by atoms with Gasteiger partial charge in [-0.15, -0.1) is 0 Å². The molecule has 1 unspecified atom stereocenters. The fraction of sp³-hybridized carbons (Fsp3) is 0.600. The van der Waals surface area contributed by atoms with E-state index in [9.17, 15) is 0 Å². The summed E-state index contributed by atoms with van der Waals surface area (Å²) >= 11 is 0. The lowest BCUT2D eigenvalue weighted by atomic mass is 9.74. The van der Waals surface area contributed by atoms with E-state index in [2.05, 4.69) is 50.4 Å². The van der Waals surface area contributed by atoms with Crippen LogP contribution in [0, 0.1) is 12.3 Å². The first kappa shape index (κ1) is 12.4. The van der Waals surface area contributed by atoms with Crippen molar-refractivity contribution in [3.63, 3.8) is 0 Å². The van der Waals surface area contributed by atoms with Crippen molar-refractivity contribution < 1.29 is 0 Å². The summed E-state index contributed by atoms with van der Waals surface area (Å²) < 4.78 is 0. The van der Waals surface area contributed by atoms with Gasteiger partial charge in [-0.3, -0.25) is 0 Å². The van der Waals surface area contributed by atoms with E-state index in [-0.39, 0.29) is 11.0 Å². The topological polar surface area (TPSA) is 38.0 Å². The van der Waals surface area contributed by atoms with Gasteiger partial charge in [-0.05, 0) is 42.9 Å². The molecule has 1 aliphatic rings. The summed E-state index contributed by atoms with van der Waals surface area (Å²) in [4.78, 5) is 0. The van der Waals surface area contributed by atoms with Gasteiger partial charge in [-0.25, -0.2) is 0 Å². The highest BCUT2D eigenvalue weighted by molar-refractivity contribution is 5.49. The van der Waals surface area contributed by atoms with Crippen LogP contribution < -0.4 is 11.1 Å². The first-order chi connectivity index (χ1) is 7.99. The molecule has 2 heteroatoms. The zero-order chi connectivity index (χ0) is 12.5. The highest BCUT2D eigenvalue weighted by Gasteiger charge is 2.47. The quantitative estimate of drug-likeness (QED) is 0.839. The van der Waals surface area contributed by atoms with Crippen LogP contribution in [-0.4, -0.2) is 12.1 Å². The SMILES string of the molecule is Cc1cccc(NC2(CN)CCCC2(C)C)c1. The summed E-state index contributed by atoms with van der Waals surface area (Å²) in [6.45, 7) is 7.49. The zero-order valence-electron chi connectivity index (χ0n) is 11.2. The Morgan fingerprint density at radius 1 is 1.29 bits per heavy atom. The van der Waals surface area contributed by atoms with E-state index in [1.54, 1.807) is 0 Å². The second kappa shape index (κ2) is 4.34. The molecular formula is C15H24N2. The predicted molar refractivity (Wildman–Crippen MR) is 74.2 cm³/mol. The van der Waals surface area contributed by atoms with E-state index in [0.717, 1.165) is 0 Å². The smallest absolute Gasteiger partial charge is 0.0546 e. The summed E-state index contributed by atoms with van der Waals surface area (Å²) in [7, 11) is 0. The van der Waals surface area contributed by atoms with Gasteiger partial charge in [0.25, 0.3) is 0 Å². The summed E-state index contributed by atoms with van der Waals surface area (Å²) in [6, 6.07) is 8.56.